The highest BCUT2D eigenvalue weighted by Crippen LogP contribution is 2.23. The second-order valence-corrected chi connectivity index (χ2v) is 5.17. The summed E-state index contributed by atoms with van der Waals surface area (Å²) in [5.41, 5.74) is 5.20. The number of rotatable bonds is 6. The van der Waals surface area contributed by atoms with Crippen molar-refractivity contribution in [2.24, 2.45) is 4.99 Å². The van der Waals surface area contributed by atoms with E-state index in [0.717, 1.165) is 33.9 Å². The van der Waals surface area contributed by atoms with Gasteiger partial charge in [0.25, 0.3) is 0 Å². The molecule has 1 aromatic rings. The number of halogens is 1. The van der Waals surface area contributed by atoms with Gasteiger partial charge < -0.3 is 5.32 Å². The minimum Gasteiger partial charge on any atom is -0.358 e. The highest BCUT2D eigenvalue weighted by molar-refractivity contribution is 5.81. The lowest BCUT2D eigenvalue weighted by molar-refractivity contribution is 0.627. The molecule has 0 aliphatic heterocycles. The highest BCUT2D eigenvalue weighted by atomic mass is 19.1. The first kappa shape index (κ1) is 17.6. The molecule has 0 saturated heterocycles. The molecule has 0 aliphatic carbocycles. The summed E-state index contributed by atoms with van der Waals surface area (Å²) >= 11 is 0. The van der Waals surface area contributed by atoms with E-state index in [0.29, 0.717) is 0 Å². The molecule has 1 aromatic carbocycles. The number of hydrogen-bond acceptors (Lipinski definition) is 2. The molecule has 1 rings (SSSR count). The first-order valence-electron chi connectivity index (χ1n) is 7.10. The number of anilines is 1. The van der Waals surface area contributed by atoms with Gasteiger partial charge in [-0.25, -0.2) is 4.39 Å². The summed E-state index contributed by atoms with van der Waals surface area (Å²) in [7, 11) is 0. The van der Waals surface area contributed by atoms with Crippen LogP contribution in [-0.2, 0) is 0 Å². The summed E-state index contributed by atoms with van der Waals surface area (Å²) in [5, 5.41) is 3.30. The van der Waals surface area contributed by atoms with Gasteiger partial charge in [-0.05, 0) is 57.5 Å². The van der Waals surface area contributed by atoms with Gasteiger partial charge in [0.15, 0.2) is 0 Å². The van der Waals surface area contributed by atoms with Gasteiger partial charge >= 0.3 is 0 Å². The summed E-state index contributed by atoms with van der Waals surface area (Å²) < 4.78 is 13.2. The van der Waals surface area contributed by atoms with E-state index in [-0.39, 0.29) is 5.82 Å². The molecule has 0 radical (unpaired) electrons. The smallest absolute Gasteiger partial charge is 0.123 e. The van der Waals surface area contributed by atoms with Crippen molar-refractivity contribution >= 4 is 11.4 Å². The lowest BCUT2D eigenvalue weighted by Gasteiger charge is -2.14. The Balaban J connectivity index is 3.26. The number of aryl methyl sites for hydroxylation is 1. The third-order valence-electron chi connectivity index (χ3n) is 3.01. The molecule has 0 bridgehead atoms. The van der Waals surface area contributed by atoms with Crippen LogP contribution in [0, 0.1) is 12.7 Å². The third-order valence-corrected chi connectivity index (χ3v) is 3.01. The van der Waals surface area contributed by atoms with Crippen molar-refractivity contribution in [3.05, 3.63) is 77.9 Å². The SMILES string of the molecule is C=C/C=C(N=C(C)C)\C(C=C)=C(/C)Nc1ccc(F)cc1C. The van der Waals surface area contributed by atoms with Crippen molar-refractivity contribution < 1.29 is 4.39 Å². The molecular weight excluding hydrogens is 275 g/mol. The van der Waals surface area contributed by atoms with Crippen molar-refractivity contribution in [2.75, 3.05) is 5.32 Å². The Kier molecular flexibility index (Phi) is 6.51. The van der Waals surface area contributed by atoms with Crippen molar-refractivity contribution in [1.29, 1.82) is 0 Å². The summed E-state index contributed by atoms with van der Waals surface area (Å²) in [6.45, 7) is 15.3. The van der Waals surface area contributed by atoms with Crippen LogP contribution in [0.1, 0.15) is 26.3 Å². The second kappa shape index (κ2) is 8.13. The maximum atomic E-state index is 13.2. The molecule has 0 aromatic heterocycles. The number of nitrogens with one attached hydrogen (secondary N) is 1. The van der Waals surface area contributed by atoms with E-state index >= 15 is 0 Å². The Hall–Kier alpha value is -2.42. The Morgan fingerprint density at radius 3 is 2.41 bits per heavy atom. The maximum absolute atomic E-state index is 13.2. The fourth-order valence-corrected chi connectivity index (χ4v) is 2.03. The zero-order valence-corrected chi connectivity index (χ0v) is 13.7. The van der Waals surface area contributed by atoms with Crippen molar-refractivity contribution in [1.82, 2.24) is 0 Å². The molecule has 0 fully saturated rings. The van der Waals surface area contributed by atoms with Gasteiger partial charge in [0.1, 0.15) is 5.82 Å². The molecule has 1 N–H and O–H groups in total. The molecule has 0 aliphatic rings. The minimum absolute atomic E-state index is 0.243. The van der Waals surface area contributed by atoms with Gasteiger partial charge in [-0.15, -0.1) is 0 Å². The first-order valence-corrected chi connectivity index (χ1v) is 7.10. The van der Waals surface area contributed by atoms with Crippen LogP contribution in [-0.4, -0.2) is 5.71 Å². The predicted molar refractivity (Wildman–Crippen MR) is 94.7 cm³/mol. The van der Waals surface area contributed by atoms with Crippen LogP contribution < -0.4 is 5.32 Å². The van der Waals surface area contributed by atoms with Crippen LogP contribution >= 0.6 is 0 Å². The largest absolute Gasteiger partial charge is 0.358 e. The van der Waals surface area contributed by atoms with Crippen LogP contribution in [0.3, 0.4) is 0 Å². The highest BCUT2D eigenvalue weighted by Gasteiger charge is 2.07. The molecule has 0 spiro atoms. The molecule has 0 saturated carbocycles. The number of hydrogen-bond donors (Lipinski definition) is 1. The molecular formula is C19H23FN2. The van der Waals surface area contributed by atoms with Crippen LogP contribution in [0.2, 0.25) is 0 Å². The Bertz CT molecular complexity index is 660. The summed E-state index contributed by atoms with van der Waals surface area (Å²) in [5.74, 6) is -0.243. The predicted octanol–water partition coefficient (Wildman–Crippen LogP) is 5.56. The molecule has 0 heterocycles. The average molecular weight is 298 g/mol. The van der Waals surface area contributed by atoms with Gasteiger partial charge in [-0.2, -0.15) is 0 Å². The Morgan fingerprint density at radius 1 is 1.23 bits per heavy atom. The van der Waals surface area contributed by atoms with E-state index in [9.17, 15) is 4.39 Å². The summed E-state index contributed by atoms with van der Waals surface area (Å²) in [4.78, 5) is 4.51. The number of aliphatic imine (C=N–C) groups is 1. The van der Waals surface area contributed by atoms with Crippen molar-refractivity contribution in [2.45, 2.75) is 27.7 Å². The van der Waals surface area contributed by atoms with E-state index in [1.165, 1.54) is 12.1 Å². The Morgan fingerprint density at radius 2 is 1.91 bits per heavy atom. The fourth-order valence-electron chi connectivity index (χ4n) is 2.03. The van der Waals surface area contributed by atoms with Crippen LogP contribution in [0.15, 0.2) is 71.5 Å². The minimum atomic E-state index is -0.243. The lowest BCUT2D eigenvalue weighted by Crippen LogP contribution is -2.03. The summed E-state index contributed by atoms with van der Waals surface area (Å²) in [6, 6.07) is 4.66. The fraction of sp³-hybridized carbons (Fsp3) is 0.211. The van der Waals surface area contributed by atoms with E-state index in [4.69, 9.17) is 0 Å². The van der Waals surface area contributed by atoms with Crippen molar-refractivity contribution in [3.63, 3.8) is 0 Å². The molecule has 116 valence electrons. The number of nitrogens with zero attached hydrogens (tertiary/aromatic N) is 1. The van der Waals surface area contributed by atoms with Gasteiger partial charge in [0.2, 0.25) is 0 Å². The van der Waals surface area contributed by atoms with Crippen LogP contribution in [0.4, 0.5) is 10.1 Å². The molecule has 0 atom stereocenters. The van der Waals surface area contributed by atoms with Crippen molar-refractivity contribution in [3.8, 4) is 0 Å². The molecule has 0 amide bonds. The maximum Gasteiger partial charge on any atom is 0.123 e. The average Bonchev–Trinajstić information content (AvgIpc) is 2.42. The Labute approximate surface area is 132 Å². The van der Waals surface area contributed by atoms with E-state index in [2.05, 4.69) is 23.5 Å². The van der Waals surface area contributed by atoms with Gasteiger partial charge in [0, 0.05) is 22.7 Å². The number of allylic oxidation sites excluding steroid dienone is 4. The van der Waals surface area contributed by atoms with E-state index in [1.54, 1.807) is 18.2 Å². The lowest BCUT2D eigenvalue weighted by atomic mass is 10.1. The topological polar surface area (TPSA) is 24.4 Å². The molecule has 3 heteroatoms. The zero-order valence-electron chi connectivity index (χ0n) is 13.7. The zero-order chi connectivity index (χ0) is 16.7. The molecule has 0 unspecified atom stereocenters. The number of benzene rings is 1. The second-order valence-electron chi connectivity index (χ2n) is 5.17. The van der Waals surface area contributed by atoms with Gasteiger partial charge in [-0.1, -0.05) is 25.3 Å². The van der Waals surface area contributed by atoms with E-state index in [1.807, 2.05) is 33.8 Å². The van der Waals surface area contributed by atoms with E-state index < -0.39 is 0 Å². The summed E-state index contributed by atoms with van der Waals surface area (Å²) in [6.07, 6.45) is 5.29. The standard InChI is InChI=1S/C19H23FN2/c1-7-9-19(21-13(3)4)17(8-2)15(6)22-18-11-10-16(20)12-14(18)5/h7-12,22H,1-2H2,3-6H3/b17-15+,19-9+. The molecule has 22 heavy (non-hydrogen) atoms. The monoisotopic (exact) mass is 298 g/mol. The van der Waals surface area contributed by atoms with Gasteiger partial charge in [-0.3, -0.25) is 4.99 Å². The van der Waals surface area contributed by atoms with Crippen LogP contribution in [0.25, 0.3) is 0 Å². The van der Waals surface area contributed by atoms with Crippen LogP contribution in [0.5, 0.6) is 0 Å². The first-order chi connectivity index (χ1) is 10.4. The molecule has 2 nitrogen and oxygen atoms in total. The van der Waals surface area contributed by atoms with Gasteiger partial charge in [0.05, 0.1) is 5.70 Å². The third kappa shape index (κ3) is 4.85. The quantitative estimate of drug-likeness (QED) is 0.540. The normalized spacial score (nSPS) is 12.3.